The Morgan fingerprint density at radius 1 is 1.12 bits per heavy atom. The van der Waals surface area contributed by atoms with Gasteiger partial charge in [0.25, 0.3) is 0 Å². The molecule has 0 spiro atoms. The van der Waals surface area contributed by atoms with Crippen LogP contribution < -0.4 is 4.74 Å². The molecule has 25 heavy (non-hydrogen) atoms. The molecule has 0 aliphatic rings. The molecule has 0 saturated heterocycles. The van der Waals surface area contributed by atoms with Gasteiger partial charge in [-0.1, -0.05) is 11.6 Å². The minimum Gasteiger partial charge on any atom is -0.497 e. The van der Waals surface area contributed by atoms with E-state index >= 15 is 0 Å². The van der Waals surface area contributed by atoms with E-state index in [9.17, 15) is 9.90 Å². The number of carbonyl (C=O) groups is 1. The molecule has 4 aromatic rings. The molecule has 0 aliphatic carbocycles. The Bertz CT molecular complexity index is 1130. The third-order valence-corrected chi connectivity index (χ3v) is 4.17. The van der Waals surface area contributed by atoms with Crippen LogP contribution in [0.25, 0.3) is 33.3 Å². The fraction of sp³-hybridized carbons (Fsp3) is 0.100. The molecule has 5 nitrogen and oxygen atoms in total. The van der Waals surface area contributed by atoms with E-state index in [-0.39, 0.29) is 5.56 Å². The van der Waals surface area contributed by atoms with E-state index in [1.807, 2.05) is 43.3 Å². The molecule has 4 rings (SSSR count). The summed E-state index contributed by atoms with van der Waals surface area (Å²) in [6, 6.07) is 14.5. The number of fused-ring (bicyclic) bond motifs is 2. The lowest BCUT2D eigenvalue weighted by atomic mass is 10.0. The van der Waals surface area contributed by atoms with Crippen molar-refractivity contribution < 1.29 is 19.1 Å². The number of nitrogens with zero attached hydrogens (tertiary/aromatic N) is 1. The zero-order valence-electron chi connectivity index (χ0n) is 13.7. The van der Waals surface area contributed by atoms with Crippen molar-refractivity contribution in [3.63, 3.8) is 0 Å². The van der Waals surface area contributed by atoms with Gasteiger partial charge < -0.3 is 14.3 Å². The first-order chi connectivity index (χ1) is 12.0. The van der Waals surface area contributed by atoms with Crippen LogP contribution >= 0.6 is 0 Å². The molecule has 5 heteroatoms. The van der Waals surface area contributed by atoms with Crippen molar-refractivity contribution in [2.75, 3.05) is 7.11 Å². The van der Waals surface area contributed by atoms with Crippen LogP contribution in [-0.2, 0) is 0 Å². The summed E-state index contributed by atoms with van der Waals surface area (Å²) in [5, 5.41) is 11.1. The van der Waals surface area contributed by atoms with Crippen LogP contribution in [0, 0.1) is 6.92 Å². The maximum Gasteiger partial charge on any atom is 0.336 e. The smallest absolute Gasteiger partial charge is 0.336 e. The maximum atomic E-state index is 11.7. The van der Waals surface area contributed by atoms with Gasteiger partial charge >= 0.3 is 5.97 Å². The molecular formula is C20H15NO4. The number of pyridine rings is 1. The molecule has 0 amide bonds. The van der Waals surface area contributed by atoms with Crippen molar-refractivity contribution >= 4 is 27.8 Å². The Kier molecular flexibility index (Phi) is 3.42. The lowest BCUT2D eigenvalue weighted by molar-refractivity contribution is 0.0699. The lowest BCUT2D eigenvalue weighted by Gasteiger charge is -2.06. The quantitative estimate of drug-likeness (QED) is 0.590. The number of furan rings is 1. The predicted molar refractivity (Wildman–Crippen MR) is 95.2 cm³/mol. The van der Waals surface area contributed by atoms with E-state index in [2.05, 4.69) is 4.98 Å². The monoisotopic (exact) mass is 333 g/mol. The third-order valence-electron chi connectivity index (χ3n) is 4.17. The average Bonchev–Trinajstić information content (AvgIpc) is 3.03. The number of ether oxygens (including phenoxy) is 1. The second kappa shape index (κ2) is 5.63. The van der Waals surface area contributed by atoms with Crippen molar-refractivity contribution in [1.82, 2.24) is 4.98 Å². The number of aromatic nitrogens is 1. The normalized spacial score (nSPS) is 11.1. The summed E-state index contributed by atoms with van der Waals surface area (Å²) in [7, 11) is 1.59. The SMILES string of the molecule is COc1ccc2cc(-c3cc(C(=O)O)c4cc(C)ccc4n3)oc2c1. The summed E-state index contributed by atoms with van der Waals surface area (Å²) < 4.78 is 11.1. The van der Waals surface area contributed by atoms with Gasteiger partial charge in [0, 0.05) is 16.8 Å². The zero-order chi connectivity index (χ0) is 17.6. The minimum atomic E-state index is -0.989. The van der Waals surface area contributed by atoms with Crippen LogP contribution in [0.4, 0.5) is 0 Å². The van der Waals surface area contributed by atoms with Gasteiger partial charge in [0.05, 0.1) is 18.2 Å². The first-order valence-electron chi connectivity index (χ1n) is 7.78. The standard InChI is InChI=1S/C20H15NO4/c1-11-3-6-16-14(7-11)15(20(22)23)10-17(21-16)19-8-12-4-5-13(24-2)9-18(12)25-19/h3-10H,1-2H3,(H,22,23). The highest BCUT2D eigenvalue weighted by Gasteiger charge is 2.16. The molecule has 0 aliphatic heterocycles. The van der Waals surface area contributed by atoms with E-state index in [1.54, 1.807) is 19.2 Å². The topological polar surface area (TPSA) is 72.6 Å². The van der Waals surface area contributed by atoms with Crippen molar-refractivity contribution in [1.29, 1.82) is 0 Å². The van der Waals surface area contributed by atoms with Gasteiger partial charge in [0.1, 0.15) is 17.0 Å². The Morgan fingerprint density at radius 2 is 1.96 bits per heavy atom. The fourth-order valence-corrected chi connectivity index (χ4v) is 2.91. The van der Waals surface area contributed by atoms with Crippen LogP contribution in [0.2, 0.25) is 0 Å². The predicted octanol–water partition coefficient (Wildman–Crippen LogP) is 4.66. The molecule has 2 heterocycles. The number of methoxy groups -OCH3 is 1. The number of carboxylic acids is 1. The number of hydrogen-bond acceptors (Lipinski definition) is 4. The van der Waals surface area contributed by atoms with Crippen molar-refractivity contribution in [2.45, 2.75) is 6.92 Å². The molecule has 1 N–H and O–H groups in total. The van der Waals surface area contributed by atoms with E-state index in [0.717, 1.165) is 10.9 Å². The van der Waals surface area contributed by atoms with Gasteiger partial charge in [0.2, 0.25) is 0 Å². The average molecular weight is 333 g/mol. The van der Waals surface area contributed by atoms with Gasteiger partial charge in [-0.15, -0.1) is 0 Å². The molecule has 0 radical (unpaired) electrons. The molecule has 0 bridgehead atoms. The van der Waals surface area contributed by atoms with Gasteiger partial charge in [-0.05, 0) is 43.3 Å². The van der Waals surface area contributed by atoms with Gasteiger partial charge in [-0.2, -0.15) is 0 Å². The molecule has 0 saturated carbocycles. The first kappa shape index (κ1) is 15.2. The van der Waals surface area contributed by atoms with Gasteiger partial charge in [0.15, 0.2) is 5.76 Å². The summed E-state index contributed by atoms with van der Waals surface area (Å²) >= 11 is 0. The van der Waals surface area contributed by atoms with Crippen molar-refractivity contribution in [3.8, 4) is 17.2 Å². The van der Waals surface area contributed by atoms with Crippen LogP contribution in [0.1, 0.15) is 15.9 Å². The zero-order valence-corrected chi connectivity index (χ0v) is 13.7. The highest BCUT2D eigenvalue weighted by Crippen LogP contribution is 2.31. The largest absolute Gasteiger partial charge is 0.497 e. The summed E-state index contributed by atoms with van der Waals surface area (Å²) in [6.07, 6.45) is 0. The molecule has 2 aromatic heterocycles. The maximum absolute atomic E-state index is 11.7. The molecule has 0 unspecified atom stereocenters. The van der Waals surface area contributed by atoms with Crippen LogP contribution in [0.15, 0.2) is 52.9 Å². The Labute approximate surface area is 143 Å². The van der Waals surface area contributed by atoms with Crippen LogP contribution in [0.3, 0.4) is 0 Å². The Morgan fingerprint density at radius 3 is 2.72 bits per heavy atom. The minimum absolute atomic E-state index is 0.210. The highest BCUT2D eigenvalue weighted by molar-refractivity contribution is 6.04. The molecule has 0 fully saturated rings. The fourth-order valence-electron chi connectivity index (χ4n) is 2.91. The van der Waals surface area contributed by atoms with E-state index in [1.165, 1.54) is 0 Å². The van der Waals surface area contributed by atoms with Crippen LogP contribution in [-0.4, -0.2) is 23.2 Å². The molecule has 0 atom stereocenters. The Balaban J connectivity index is 1.94. The van der Waals surface area contributed by atoms with E-state index in [4.69, 9.17) is 9.15 Å². The summed E-state index contributed by atoms with van der Waals surface area (Å²) in [6.45, 7) is 1.92. The van der Waals surface area contributed by atoms with E-state index < -0.39 is 5.97 Å². The molecular weight excluding hydrogens is 318 g/mol. The van der Waals surface area contributed by atoms with Crippen LogP contribution in [0.5, 0.6) is 5.75 Å². The number of hydrogen-bond donors (Lipinski definition) is 1. The summed E-state index contributed by atoms with van der Waals surface area (Å²) in [5.74, 6) is 0.229. The number of aromatic carboxylic acids is 1. The second-order valence-corrected chi connectivity index (χ2v) is 5.90. The number of benzene rings is 2. The summed E-state index contributed by atoms with van der Waals surface area (Å²) in [5.41, 5.74) is 2.97. The lowest BCUT2D eigenvalue weighted by Crippen LogP contribution is -2.00. The molecule has 124 valence electrons. The van der Waals surface area contributed by atoms with Crippen molar-refractivity contribution in [2.24, 2.45) is 0 Å². The van der Waals surface area contributed by atoms with Gasteiger partial charge in [-0.3, -0.25) is 0 Å². The van der Waals surface area contributed by atoms with E-state index in [0.29, 0.717) is 33.7 Å². The third kappa shape index (κ3) is 2.59. The Hall–Kier alpha value is -3.34. The number of aryl methyl sites for hydroxylation is 1. The highest BCUT2D eigenvalue weighted by atomic mass is 16.5. The second-order valence-electron chi connectivity index (χ2n) is 5.90. The summed E-state index contributed by atoms with van der Waals surface area (Å²) in [4.78, 5) is 16.3. The number of carboxylic acid groups (broad SMARTS) is 1. The first-order valence-corrected chi connectivity index (χ1v) is 7.78. The van der Waals surface area contributed by atoms with Crippen molar-refractivity contribution in [3.05, 3.63) is 59.7 Å². The molecule has 2 aromatic carbocycles. The van der Waals surface area contributed by atoms with Gasteiger partial charge in [-0.25, -0.2) is 9.78 Å². The number of rotatable bonds is 3.